The van der Waals surface area contributed by atoms with Gasteiger partial charge >= 0.3 is 0 Å². The van der Waals surface area contributed by atoms with Crippen LogP contribution in [0.2, 0.25) is 0 Å². The smallest absolute Gasteiger partial charge is 0.0810 e. The minimum Gasteiger partial charge on any atom is -0.388 e. The molecule has 0 fully saturated rings. The molecule has 0 amide bonds. The lowest BCUT2D eigenvalue weighted by atomic mass is 10.2. The van der Waals surface area contributed by atoms with E-state index >= 15 is 0 Å². The topological polar surface area (TPSA) is 20.2 Å². The van der Waals surface area contributed by atoms with Crippen molar-refractivity contribution >= 4 is 27.3 Å². The SMILES string of the molecule is [CH2]C(O)c1ccsc1Br. The van der Waals surface area contributed by atoms with Crippen LogP contribution in [0.3, 0.4) is 0 Å². The summed E-state index contributed by atoms with van der Waals surface area (Å²) in [6, 6.07) is 1.85. The average molecular weight is 206 g/mol. The normalized spacial score (nSPS) is 13.7. The molecule has 3 heteroatoms. The van der Waals surface area contributed by atoms with Gasteiger partial charge in [-0.15, -0.1) is 11.3 Å². The van der Waals surface area contributed by atoms with Gasteiger partial charge in [0, 0.05) is 5.56 Å². The molecular weight excluding hydrogens is 200 g/mol. The van der Waals surface area contributed by atoms with Crippen LogP contribution in [0.5, 0.6) is 0 Å². The zero-order chi connectivity index (χ0) is 6.85. The summed E-state index contributed by atoms with van der Waals surface area (Å²) in [5, 5.41) is 10.9. The first-order valence-electron chi connectivity index (χ1n) is 2.46. The van der Waals surface area contributed by atoms with Gasteiger partial charge in [0.05, 0.1) is 9.89 Å². The summed E-state index contributed by atoms with van der Waals surface area (Å²) in [4.78, 5) is 0. The Morgan fingerprint density at radius 3 is 2.67 bits per heavy atom. The van der Waals surface area contributed by atoms with Crippen molar-refractivity contribution in [3.8, 4) is 0 Å². The third-order valence-corrected chi connectivity index (χ3v) is 2.74. The maximum atomic E-state index is 8.96. The number of hydrogen-bond acceptors (Lipinski definition) is 2. The van der Waals surface area contributed by atoms with E-state index in [9.17, 15) is 0 Å². The van der Waals surface area contributed by atoms with Gasteiger partial charge in [0.1, 0.15) is 0 Å². The second-order valence-electron chi connectivity index (χ2n) is 1.67. The Balaban J connectivity index is 2.94. The first-order chi connectivity index (χ1) is 4.22. The number of aliphatic hydroxyl groups excluding tert-OH is 1. The fourth-order valence-electron chi connectivity index (χ4n) is 0.543. The van der Waals surface area contributed by atoms with Gasteiger partial charge in [0.25, 0.3) is 0 Å². The van der Waals surface area contributed by atoms with Gasteiger partial charge in [-0.1, -0.05) is 0 Å². The molecule has 9 heavy (non-hydrogen) atoms. The number of halogens is 1. The number of thiophene rings is 1. The molecular formula is C6H6BrOS. The summed E-state index contributed by atoms with van der Waals surface area (Å²) in [7, 11) is 0. The van der Waals surface area contributed by atoms with Gasteiger partial charge < -0.3 is 5.11 Å². The second-order valence-corrected chi connectivity index (χ2v) is 3.90. The number of rotatable bonds is 1. The summed E-state index contributed by atoms with van der Waals surface area (Å²) in [5.41, 5.74) is 0.861. The summed E-state index contributed by atoms with van der Waals surface area (Å²) < 4.78 is 0.963. The van der Waals surface area contributed by atoms with E-state index < -0.39 is 6.10 Å². The molecule has 1 aromatic rings. The fraction of sp³-hybridized carbons (Fsp3) is 0.167. The van der Waals surface area contributed by atoms with E-state index in [-0.39, 0.29) is 0 Å². The van der Waals surface area contributed by atoms with Crippen molar-refractivity contribution < 1.29 is 5.11 Å². The third kappa shape index (κ3) is 1.53. The molecule has 1 rings (SSSR count). The number of aliphatic hydroxyl groups is 1. The molecule has 1 radical (unpaired) electrons. The lowest BCUT2D eigenvalue weighted by Crippen LogP contribution is -1.87. The van der Waals surface area contributed by atoms with Crippen LogP contribution >= 0.6 is 27.3 Å². The van der Waals surface area contributed by atoms with Gasteiger partial charge in [-0.25, -0.2) is 0 Å². The van der Waals surface area contributed by atoms with Crippen LogP contribution < -0.4 is 0 Å². The van der Waals surface area contributed by atoms with Crippen LogP contribution in [-0.2, 0) is 0 Å². The minimum atomic E-state index is -0.606. The van der Waals surface area contributed by atoms with Gasteiger partial charge in [-0.05, 0) is 34.3 Å². The molecule has 0 bridgehead atoms. The Hall–Kier alpha value is 0.140. The average Bonchev–Trinajstić information content (AvgIpc) is 2.13. The van der Waals surface area contributed by atoms with Crippen molar-refractivity contribution in [2.45, 2.75) is 6.10 Å². The monoisotopic (exact) mass is 205 g/mol. The van der Waals surface area contributed by atoms with E-state index in [0.717, 1.165) is 9.35 Å². The van der Waals surface area contributed by atoms with Gasteiger partial charge in [0.15, 0.2) is 0 Å². The predicted octanol–water partition coefficient (Wildman–Crippen LogP) is 2.38. The highest BCUT2D eigenvalue weighted by atomic mass is 79.9. The largest absolute Gasteiger partial charge is 0.388 e. The fourth-order valence-corrected chi connectivity index (χ4v) is 1.94. The maximum Gasteiger partial charge on any atom is 0.0810 e. The van der Waals surface area contributed by atoms with Gasteiger partial charge in [-0.2, -0.15) is 0 Å². The van der Waals surface area contributed by atoms with Gasteiger partial charge in [-0.3, -0.25) is 0 Å². The Morgan fingerprint density at radius 1 is 1.78 bits per heavy atom. The predicted molar refractivity (Wildman–Crippen MR) is 42.3 cm³/mol. The van der Waals surface area contributed by atoms with Crippen LogP contribution in [0.25, 0.3) is 0 Å². The van der Waals surface area contributed by atoms with Crippen molar-refractivity contribution in [1.82, 2.24) is 0 Å². The zero-order valence-electron chi connectivity index (χ0n) is 4.67. The molecule has 49 valence electrons. The van der Waals surface area contributed by atoms with Crippen LogP contribution in [-0.4, -0.2) is 5.11 Å². The second kappa shape index (κ2) is 2.82. The molecule has 1 N–H and O–H groups in total. The Morgan fingerprint density at radius 2 is 2.44 bits per heavy atom. The highest BCUT2D eigenvalue weighted by Crippen LogP contribution is 2.27. The molecule has 0 aliphatic rings. The Bertz CT molecular complexity index is 195. The van der Waals surface area contributed by atoms with Crippen LogP contribution in [0.1, 0.15) is 11.7 Å². The first kappa shape index (κ1) is 7.25. The quantitative estimate of drug-likeness (QED) is 0.747. The van der Waals surface area contributed by atoms with Gasteiger partial charge in [0.2, 0.25) is 0 Å². The Labute approximate surface area is 66.5 Å². The molecule has 0 aliphatic carbocycles. The van der Waals surface area contributed by atoms with Crippen molar-refractivity contribution in [2.24, 2.45) is 0 Å². The van der Waals surface area contributed by atoms with E-state index in [2.05, 4.69) is 22.9 Å². The van der Waals surface area contributed by atoms with E-state index in [1.165, 1.54) is 0 Å². The molecule has 0 spiro atoms. The summed E-state index contributed by atoms with van der Waals surface area (Å²) in [6.45, 7) is 3.47. The molecule has 0 aliphatic heterocycles. The standard InChI is InChI=1S/C6H6BrOS/c1-4(8)5-2-3-9-6(5)7/h2-4,8H,1H2. The molecule has 0 saturated carbocycles. The highest BCUT2D eigenvalue weighted by Gasteiger charge is 2.05. The van der Waals surface area contributed by atoms with Crippen molar-refractivity contribution in [1.29, 1.82) is 0 Å². The van der Waals surface area contributed by atoms with E-state index in [1.807, 2.05) is 11.4 Å². The molecule has 1 aromatic heterocycles. The zero-order valence-corrected chi connectivity index (χ0v) is 7.08. The molecule has 1 nitrogen and oxygen atoms in total. The van der Waals surface area contributed by atoms with Crippen LogP contribution in [0, 0.1) is 6.92 Å². The summed E-state index contributed by atoms with van der Waals surface area (Å²) in [5.74, 6) is 0. The molecule has 1 heterocycles. The lowest BCUT2D eigenvalue weighted by molar-refractivity contribution is 0.226. The van der Waals surface area contributed by atoms with E-state index in [1.54, 1.807) is 11.3 Å². The first-order valence-corrected chi connectivity index (χ1v) is 4.13. The summed E-state index contributed by atoms with van der Waals surface area (Å²) in [6.07, 6.45) is -0.606. The minimum absolute atomic E-state index is 0.606. The van der Waals surface area contributed by atoms with E-state index in [4.69, 9.17) is 5.11 Å². The third-order valence-electron chi connectivity index (χ3n) is 1.01. The van der Waals surface area contributed by atoms with Crippen LogP contribution in [0.15, 0.2) is 15.2 Å². The van der Waals surface area contributed by atoms with Crippen molar-refractivity contribution in [2.75, 3.05) is 0 Å². The Kier molecular flexibility index (Phi) is 2.27. The molecule has 1 unspecified atom stereocenters. The summed E-state index contributed by atoms with van der Waals surface area (Å²) >= 11 is 4.83. The molecule has 0 saturated heterocycles. The van der Waals surface area contributed by atoms with Crippen LogP contribution in [0.4, 0.5) is 0 Å². The van der Waals surface area contributed by atoms with Crippen molar-refractivity contribution in [3.05, 3.63) is 27.7 Å². The van der Waals surface area contributed by atoms with Crippen molar-refractivity contribution in [3.63, 3.8) is 0 Å². The van der Waals surface area contributed by atoms with E-state index in [0.29, 0.717) is 0 Å². The highest BCUT2D eigenvalue weighted by molar-refractivity contribution is 9.11. The molecule has 0 aromatic carbocycles. The maximum absolute atomic E-state index is 8.96. The number of hydrogen-bond donors (Lipinski definition) is 1. The molecule has 1 atom stereocenters. The lowest BCUT2D eigenvalue weighted by Gasteiger charge is -1.98.